The van der Waals surface area contributed by atoms with Gasteiger partial charge in [-0.2, -0.15) is 17.0 Å². The lowest BCUT2D eigenvalue weighted by Gasteiger charge is -1.99. The summed E-state index contributed by atoms with van der Waals surface area (Å²) in [5.41, 5.74) is 0. The average molecular weight is 192 g/mol. The number of hydrogen-bond acceptors (Lipinski definition) is 2. The molecule has 0 spiro atoms. The van der Waals surface area contributed by atoms with Crippen molar-refractivity contribution in [1.29, 1.82) is 5.26 Å². The molecule has 0 radical (unpaired) electrons. The monoisotopic (exact) mass is 191 g/mol. The number of unbranched alkanes of at least 4 members (excludes halogenated alkanes) is 2. The Kier molecular flexibility index (Phi) is 8.33. The molecule has 0 amide bonds. The summed E-state index contributed by atoms with van der Waals surface area (Å²) in [5.74, 6) is 1.90. The highest BCUT2D eigenvalue weighted by Gasteiger charge is 2.00. The van der Waals surface area contributed by atoms with Gasteiger partial charge >= 0.3 is 0 Å². The van der Waals surface area contributed by atoms with Gasteiger partial charge in [-0.1, -0.05) is 19.8 Å². The highest BCUT2D eigenvalue weighted by molar-refractivity contribution is 7.99. The molecule has 1 atom stereocenters. The molecule has 0 aromatic rings. The minimum absolute atomic E-state index is 0.304. The van der Waals surface area contributed by atoms with Gasteiger partial charge < -0.3 is 0 Å². The summed E-state index contributed by atoms with van der Waals surface area (Å²) in [7, 11) is 0. The number of hydrogen-bond donors (Lipinski definition) is 0. The van der Waals surface area contributed by atoms with E-state index in [2.05, 4.69) is 6.92 Å². The van der Waals surface area contributed by atoms with Gasteiger partial charge in [0.2, 0.25) is 0 Å². The first kappa shape index (κ1) is 11.1. The molecule has 0 rings (SSSR count). The van der Waals surface area contributed by atoms with Gasteiger partial charge in [-0.05, 0) is 12.2 Å². The summed E-state index contributed by atoms with van der Waals surface area (Å²) in [6, 6.07) is 2.00. The van der Waals surface area contributed by atoms with E-state index in [1.54, 1.807) is 11.8 Å². The van der Waals surface area contributed by atoms with E-state index in [1.807, 2.05) is 6.07 Å². The quantitative estimate of drug-likeness (QED) is 0.476. The number of alkyl halides is 1. The highest BCUT2D eigenvalue weighted by Crippen LogP contribution is 2.10. The van der Waals surface area contributed by atoms with Crippen molar-refractivity contribution in [3.63, 3.8) is 0 Å². The Bertz CT molecular complexity index is 122. The molecule has 0 bridgehead atoms. The third-order valence-corrected chi connectivity index (χ3v) is 2.88. The van der Waals surface area contributed by atoms with Gasteiger partial charge in [0.25, 0.3) is 0 Å². The summed E-state index contributed by atoms with van der Waals surface area (Å²) in [6.45, 7) is 2.18. The van der Waals surface area contributed by atoms with Crippen molar-refractivity contribution in [3.8, 4) is 6.07 Å². The fourth-order valence-corrected chi connectivity index (χ4v) is 1.80. The SMILES string of the molecule is CCCCCSCC(Cl)C#N. The second-order valence-electron chi connectivity index (χ2n) is 2.38. The van der Waals surface area contributed by atoms with Crippen LogP contribution in [0.25, 0.3) is 0 Å². The van der Waals surface area contributed by atoms with Crippen LogP contribution >= 0.6 is 23.4 Å². The molecular weight excluding hydrogens is 178 g/mol. The fraction of sp³-hybridized carbons (Fsp3) is 0.875. The van der Waals surface area contributed by atoms with Crippen LogP contribution in [0.2, 0.25) is 0 Å². The van der Waals surface area contributed by atoms with Crippen LogP contribution in [0.15, 0.2) is 0 Å². The van der Waals surface area contributed by atoms with E-state index >= 15 is 0 Å². The molecule has 3 heteroatoms. The molecule has 0 aliphatic carbocycles. The van der Waals surface area contributed by atoms with Gasteiger partial charge in [-0.3, -0.25) is 0 Å². The van der Waals surface area contributed by atoms with Crippen LogP contribution in [0, 0.1) is 11.3 Å². The van der Waals surface area contributed by atoms with Crippen LogP contribution in [0.3, 0.4) is 0 Å². The Balaban J connectivity index is 2.97. The van der Waals surface area contributed by atoms with Gasteiger partial charge in [-0.15, -0.1) is 11.6 Å². The van der Waals surface area contributed by atoms with Crippen molar-refractivity contribution in [1.82, 2.24) is 0 Å². The third-order valence-electron chi connectivity index (χ3n) is 1.30. The number of nitriles is 1. The van der Waals surface area contributed by atoms with Crippen molar-refractivity contribution < 1.29 is 0 Å². The largest absolute Gasteiger partial charge is 0.197 e. The maximum atomic E-state index is 8.34. The molecule has 1 nitrogen and oxygen atoms in total. The van der Waals surface area contributed by atoms with E-state index < -0.39 is 0 Å². The molecule has 0 aromatic heterocycles. The van der Waals surface area contributed by atoms with Crippen molar-refractivity contribution in [2.24, 2.45) is 0 Å². The summed E-state index contributed by atoms with van der Waals surface area (Å²) in [6.07, 6.45) is 3.78. The van der Waals surface area contributed by atoms with Gasteiger partial charge in [0.1, 0.15) is 5.38 Å². The summed E-state index contributed by atoms with van der Waals surface area (Å²) >= 11 is 7.37. The molecule has 0 fully saturated rings. The lowest BCUT2D eigenvalue weighted by molar-refractivity contribution is 0.778. The molecule has 11 heavy (non-hydrogen) atoms. The lowest BCUT2D eigenvalue weighted by Crippen LogP contribution is -1.97. The van der Waals surface area contributed by atoms with Crippen LogP contribution in [0.4, 0.5) is 0 Å². The van der Waals surface area contributed by atoms with Crippen molar-refractivity contribution in [2.45, 2.75) is 31.6 Å². The molecule has 0 aliphatic heterocycles. The molecular formula is C8H14ClNS. The predicted octanol–water partition coefficient (Wildman–Crippen LogP) is 3.04. The van der Waals surface area contributed by atoms with E-state index in [4.69, 9.17) is 16.9 Å². The molecule has 64 valence electrons. The Labute approximate surface area is 78.1 Å². The first-order valence-corrected chi connectivity index (χ1v) is 5.51. The van der Waals surface area contributed by atoms with Crippen LogP contribution in [-0.2, 0) is 0 Å². The van der Waals surface area contributed by atoms with Crippen LogP contribution in [0.5, 0.6) is 0 Å². The number of nitrogens with zero attached hydrogens (tertiary/aromatic N) is 1. The normalized spacial score (nSPS) is 12.5. The first-order chi connectivity index (χ1) is 5.31. The predicted molar refractivity (Wildman–Crippen MR) is 52.1 cm³/mol. The topological polar surface area (TPSA) is 23.8 Å². The summed E-state index contributed by atoms with van der Waals surface area (Å²) in [5, 5.41) is 8.04. The Morgan fingerprint density at radius 3 is 2.82 bits per heavy atom. The standard InChI is InChI=1S/C8H14ClNS/c1-2-3-4-5-11-7-8(9)6-10/h8H,2-5,7H2,1H3. The van der Waals surface area contributed by atoms with Gasteiger partial charge in [0, 0.05) is 5.75 Å². The minimum Gasteiger partial charge on any atom is -0.197 e. The Morgan fingerprint density at radius 1 is 1.55 bits per heavy atom. The zero-order valence-electron chi connectivity index (χ0n) is 6.85. The maximum absolute atomic E-state index is 8.34. The smallest absolute Gasteiger partial charge is 0.129 e. The number of halogens is 1. The van der Waals surface area contributed by atoms with Gasteiger partial charge in [0.05, 0.1) is 6.07 Å². The summed E-state index contributed by atoms with van der Waals surface area (Å²) in [4.78, 5) is 0. The maximum Gasteiger partial charge on any atom is 0.129 e. The van der Waals surface area contributed by atoms with Crippen molar-refractivity contribution in [2.75, 3.05) is 11.5 Å². The van der Waals surface area contributed by atoms with Crippen molar-refractivity contribution >= 4 is 23.4 Å². The molecule has 0 saturated heterocycles. The second-order valence-corrected chi connectivity index (χ2v) is 4.06. The Morgan fingerprint density at radius 2 is 2.27 bits per heavy atom. The Hall–Kier alpha value is 0.130. The van der Waals surface area contributed by atoms with E-state index in [1.165, 1.54) is 19.3 Å². The lowest BCUT2D eigenvalue weighted by atomic mass is 10.3. The number of thioether (sulfide) groups is 1. The molecule has 0 aliphatic rings. The van der Waals surface area contributed by atoms with Crippen LogP contribution in [0.1, 0.15) is 26.2 Å². The molecule has 0 N–H and O–H groups in total. The fourth-order valence-electron chi connectivity index (χ4n) is 0.678. The van der Waals surface area contributed by atoms with Crippen molar-refractivity contribution in [3.05, 3.63) is 0 Å². The van der Waals surface area contributed by atoms with E-state index in [9.17, 15) is 0 Å². The molecule has 1 unspecified atom stereocenters. The van der Waals surface area contributed by atoms with E-state index in [0.717, 1.165) is 11.5 Å². The van der Waals surface area contributed by atoms with Gasteiger partial charge in [0.15, 0.2) is 0 Å². The zero-order chi connectivity index (χ0) is 8.53. The van der Waals surface area contributed by atoms with Crippen LogP contribution < -0.4 is 0 Å². The molecule has 0 heterocycles. The highest BCUT2D eigenvalue weighted by atomic mass is 35.5. The van der Waals surface area contributed by atoms with E-state index in [0.29, 0.717) is 0 Å². The second kappa shape index (κ2) is 8.23. The average Bonchev–Trinajstić information content (AvgIpc) is 2.04. The molecule has 0 aromatic carbocycles. The van der Waals surface area contributed by atoms with E-state index in [-0.39, 0.29) is 5.38 Å². The third kappa shape index (κ3) is 8.03. The van der Waals surface area contributed by atoms with Gasteiger partial charge in [-0.25, -0.2) is 0 Å². The number of rotatable bonds is 6. The van der Waals surface area contributed by atoms with Crippen LogP contribution in [-0.4, -0.2) is 16.9 Å². The molecule has 0 saturated carbocycles. The zero-order valence-corrected chi connectivity index (χ0v) is 8.42. The first-order valence-electron chi connectivity index (χ1n) is 3.92. The summed E-state index contributed by atoms with van der Waals surface area (Å²) < 4.78 is 0. The minimum atomic E-state index is -0.304.